The van der Waals surface area contributed by atoms with Crippen molar-refractivity contribution in [2.75, 3.05) is 0 Å². The minimum Gasteiger partial charge on any atom is -0.385 e. The Balaban J connectivity index is 1.99. The molecule has 3 nitrogen and oxygen atoms in total. The normalized spacial score (nSPS) is 14.3. The number of aromatic nitrogens is 2. The van der Waals surface area contributed by atoms with E-state index in [0.717, 1.165) is 16.9 Å². The van der Waals surface area contributed by atoms with E-state index in [2.05, 4.69) is 4.98 Å². The SMILES string of the molecule is Cn1c(CC(C)(O)c2cccc(F)c2)nc2ccccc21. The second kappa shape index (κ2) is 4.97. The van der Waals surface area contributed by atoms with Crippen LogP contribution >= 0.6 is 0 Å². The van der Waals surface area contributed by atoms with Gasteiger partial charge < -0.3 is 9.67 Å². The highest BCUT2D eigenvalue weighted by Gasteiger charge is 2.26. The number of para-hydroxylation sites is 2. The predicted octanol–water partition coefficient (Wildman–Crippen LogP) is 3.16. The lowest BCUT2D eigenvalue weighted by Crippen LogP contribution is -2.26. The Morgan fingerprint density at radius 2 is 1.95 bits per heavy atom. The van der Waals surface area contributed by atoms with Crippen LogP contribution in [0.25, 0.3) is 11.0 Å². The van der Waals surface area contributed by atoms with Crippen LogP contribution in [0.3, 0.4) is 0 Å². The Morgan fingerprint density at radius 1 is 1.19 bits per heavy atom. The number of aryl methyl sites for hydroxylation is 1. The summed E-state index contributed by atoms with van der Waals surface area (Å²) < 4.78 is 15.3. The van der Waals surface area contributed by atoms with Crippen LogP contribution in [0.5, 0.6) is 0 Å². The second-order valence-corrected chi connectivity index (χ2v) is 5.54. The summed E-state index contributed by atoms with van der Waals surface area (Å²) in [5.74, 6) is 0.420. The zero-order chi connectivity index (χ0) is 15.0. The standard InChI is InChI=1S/C17H17FN2O/c1-17(21,12-6-5-7-13(18)10-12)11-16-19-14-8-3-4-9-15(14)20(16)2/h3-10,21H,11H2,1-2H3. The van der Waals surface area contributed by atoms with Crippen LogP contribution in [0.2, 0.25) is 0 Å². The van der Waals surface area contributed by atoms with Crippen molar-refractivity contribution in [2.45, 2.75) is 18.9 Å². The number of halogens is 1. The molecule has 4 heteroatoms. The molecular formula is C17H17FN2O. The first-order chi connectivity index (χ1) is 9.97. The van der Waals surface area contributed by atoms with Gasteiger partial charge in [-0.25, -0.2) is 9.37 Å². The van der Waals surface area contributed by atoms with Crippen molar-refractivity contribution in [3.05, 3.63) is 65.7 Å². The van der Waals surface area contributed by atoms with E-state index in [1.54, 1.807) is 19.1 Å². The van der Waals surface area contributed by atoms with E-state index < -0.39 is 5.60 Å². The summed E-state index contributed by atoms with van der Waals surface area (Å²) in [4.78, 5) is 4.55. The average molecular weight is 284 g/mol. The molecule has 0 aliphatic heterocycles. The summed E-state index contributed by atoms with van der Waals surface area (Å²) in [7, 11) is 1.92. The van der Waals surface area contributed by atoms with Crippen LogP contribution < -0.4 is 0 Å². The number of benzene rings is 2. The van der Waals surface area contributed by atoms with Gasteiger partial charge in [0, 0.05) is 13.5 Å². The molecule has 0 spiro atoms. The molecule has 0 radical (unpaired) electrons. The van der Waals surface area contributed by atoms with Gasteiger partial charge in [0.25, 0.3) is 0 Å². The molecule has 0 saturated heterocycles. The van der Waals surface area contributed by atoms with E-state index >= 15 is 0 Å². The maximum absolute atomic E-state index is 13.4. The molecular weight excluding hydrogens is 267 g/mol. The van der Waals surface area contributed by atoms with Gasteiger partial charge in [-0.3, -0.25) is 0 Å². The van der Waals surface area contributed by atoms with E-state index in [1.807, 2.05) is 35.9 Å². The minimum atomic E-state index is -1.17. The van der Waals surface area contributed by atoms with Crippen molar-refractivity contribution < 1.29 is 9.50 Å². The first-order valence-corrected chi connectivity index (χ1v) is 6.86. The number of aliphatic hydroxyl groups is 1. The molecule has 2 aromatic carbocycles. The quantitative estimate of drug-likeness (QED) is 0.802. The zero-order valence-corrected chi connectivity index (χ0v) is 12.0. The van der Waals surface area contributed by atoms with Crippen LogP contribution in [0.4, 0.5) is 4.39 Å². The number of fused-ring (bicyclic) bond motifs is 1. The number of rotatable bonds is 3. The van der Waals surface area contributed by atoms with Gasteiger partial charge in [0.1, 0.15) is 11.6 Å². The molecule has 3 aromatic rings. The molecule has 21 heavy (non-hydrogen) atoms. The summed E-state index contributed by atoms with van der Waals surface area (Å²) in [6, 6.07) is 13.9. The smallest absolute Gasteiger partial charge is 0.123 e. The lowest BCUT2D eigenvalue weighted by Gasteiger charge is -2.23. The molecule has 1 unspecified atom stereocenters. The minimum absolute atomic E-state index is 0.321. The third-order valence-electron chi connectivity index (χ3n) is 3.83. The summed E-state index contributed by atoms with van der Waals surface area (Å²) in [6.07, 6.45) is 0.321. The molecule has 0 fully saturated rings. The Morgan fingerprint density at radius 3 is 2.67 bits per heavy atom. The van der Waals surface area contributed by atoms with Gasteiger partial charge in [-0.15, -0.1) is 0 Å². The molecule has 0 saturated carbocycles. The van der Waals surface area contributed by atoms with Crippen LogP contribution in [-0.4, -0.2) is 14.7 Å². The van der Waals surface area contributed by atoms with Crippen molar-refractivity contribution >= 4 is 11.0 Å². The molecule has 3 rings (SSSR count). The summed E-state index contributed by atoms with van der Waals surface area (Å²) in [5.41, 5.74) is 1.29. The fourth-order valence-corrected chi connectivity index (χ4v) is 2.59. The molecule has 1 atom stereocenters. The van der Waals surface area contributed by atoms with Crippen molar-refractivity contribution in [3.8, 4) is 0 Å². The fourth-order valence-electron chi connectivity index (χ4n) is 2.59. The Bertz CT molecular complexity index is 792. The number of nitrogens with zero attached hydrogens (tertiary/aromatic N) is 2. The lowest BCUT2D eigenvalue weighted by molar-refractivity contribution is 0.0546. The van der Waals surface area contributed by atoms with Gasteiger partial charge in [-0.05, 0) is 36.8 Å². The topological polar surface area (TPSA) is 38.0 Å². The first-order valence-electron chi connectivity index (χ1n) is 6.86. The summed E-state index contributed by atoms with van der Waals surface area (Å²) >= 11 is 0. The average Bonchev–Trinajstić information content (AvgIpc) is 2.75. The van der Waals surface area contributed by atoms with Crippen LogP contribution in [0, 0.1) is 5.82 Å². The Kier molecular flexibility index (Phi) is 3.26. The summed E-state index contributed by atoms with van der Waals surface area (Å²) in [6.45, 7) is 1.68. The molecule has 1 heterocycles. The van der Waals surface area contributed by atoms with E-state index in [-0.39, 0.29) is 5.82 Å². The maximum atomic E-state index is 13.4. The zero-order valence-electron chi connectivity index (χ0n) is 12.0. The van der Waals surface area contributed by atoms with Gasteiger partial charge in [0.05, 0.1) is 16.6 Å². The highest BCUT2D eigenvalue weighted by Crippen LogP contribution is 2.26. The summed E-state index contributed by atoms with van der Waals surface area (Å²) in [5, 5.41) is 10.7. The van der Waals surface area contributed by atoms with Gasteiger partial charge in [-0.1, -0.05) is 24.3 Å². The number of hydrogen-bond acceptors (Lipinski definition) is 2. The predicted molar refractivity (Wildman–Crippen MR) is 80.4 cm³/mol. The van der Waals surface area contributed by atoms with Gasteiger partial charge in [-0.2, -0.15) is 0 Å². The van der Waals surface area contributed by atoms with Crippen LogP contribution in [0.1, 0.15) is 18.3 Å². The van der Waals surface area contributed by atoms with E-state index in [9.17, 15) is 9.50 Å². The van der Waals surface area contributed by atoms with Crippen LogP contribution in [0.15, 0.2) is 48.5 Å². The van der Waals surface area contributed by atoms with Crippen molar-refractivity contribution in [2.24, 2.45) is 7.05 Å². The van der Waals surface area contributed by atoms with E-state index in [1.165, 1.54) is 12.1 Å². The highest BCUT2D eigenvalue weighted by atomic mass is 19.1. The maximum Gasteiger partial charge on any atom is 0.123 e. The van der Waals surface area contributed by atoms with Crippen LogP contribution in [-0.2, 0) is 19.1 Å². The molecule has 0 bridgehead atoms. The van der Waals surface area contributed by atoms with Gasteiger partial charge in [0.2, 0.25) is 0 Å². The monoisotopic (exact) mass is 284 g/mol. The fraction of sp³-hybridized carbons (Fsp3) is 0.235. The van der Waals surface area contributed by atoms with E-state index in [0.29, 0.717) is 12.0 Å². The Labute approximate surface area is 122 Å². The molecule has 1 aromatic heterocycles. The number of hydrogen-bond donors (Lipinski definition) is 1. The third kappa shape index (κ3) is 2.54. The van der Waals surface area contributed by atoms with Crippen molar-refractivity contribution in [1.29, 1.82) is 0 Å². The van der Waals surface area contributed by atoms with E-state index in [4.69, 9.17) is 0 Å². The largest absolute Gasteiger partial charge is 0.385 e. The van der Waals surface area contributed by atoms with Gasteiger partial charge in [0.15, 0.2) is 0 Å². The number of imidazole rings is 1. The van der Waals surface area contributed by atoms with Gasteiger partial charge >= 0.3 is 0 Å². The van der Waals surface area contributed by atoms with Crippen molar-refractivity contribution in [1.82, 2.24) is 9.55 Å². The molecule has 0 amide bonds. The first kappa shape index (κ1) is 13.8. The molecule has 0 aliphatic rings. The molecule has 108 valence electrons. The third-order valence-corrected chi connectivity index (χ3v) is 3.83. The Hall–Kier alpha value is -2.20. The van der Waals surface area contributed by atoms with Crippen molar-refractivity contribution in [3.63, 3.8) is 0 Å². The second-order valence-electron chi connectivity index (χ2n) is 5.54. The molecule has 1 N–H and O–H groups in total. The highest BCUT2D eigenvalue weighted by molar-refractivity contribution is 5.75. The molecule has 0 aliphatic carbocycles. The lowest BCUT2D eigenvalue weighted by atomic mass is 9.92.